The molecule has 0 saturated carbocycles. The molecule has 9 heteroatoms. The summed E-state index contributed by atoms with van der Waals surface area (Å²) >= 11 is 4.58. The molecule has 0 aliphatic rings. The third-order valence-corrected chi connectivity index (χ3v) is 4.42. The summed E-state index contributed by atoms with van der Waals surface area (Å²) < 4.78 is 64.2. The third kappa shape index (κ3) is 3.64. The van der Waals surface area contributed by atoms with Crippen LogP contribution >= 0.6 is 12.2 Å². The van der Waals surface area contributed by atoms with Crippen LogP contribution in [0.4, 0.5) is 13.2 Å². The molecule has 0 fully saturated rings. The normalized spacial score (nSPS) is 11.8. The Morgan fingerprint density at radius 3 is 2.21 bits per heavy atom. The van der Waals surface area contributed by atoms with E-state index >= 15 is 0 Å². The van der Waals surface area contributed by atoms with E-state index in [-0.39, 0.29) is 18.0 Å². The number of hydrogen-bond donors (Lipinski definition) is 1. The summed E-state index contributed by atoms with van der Waals surface area (Å²) in [5.74, 6) is -4.17. The minimum absolute atomic E-state index is 0.0650. The number of hydrogen-bond acceptors (Lipinski definition) is 3. The first kappa shape index (κ1) is 15.9. The van der Waals surface area contributed by atoms with E-state index in [4.69, 9.17) is 5.73 Å². The lowest BCUT2D eigenvalue weighted by molar-refractivity contribution is 0.452. The molecule has 106 valence electrons. The number of nitrogens with zero attached hydrogens (tertiary/aromatic N) is 1. The molecule has 0 atom stereocenters. The smallest absolute Gasteiger partial charge is 0.248 e. The highest BCUT2D eigenvalue weighted by atomic mass is 32.2. The highest BCUT2D eigenvalue weighted by Crippen LogP contribution is 2.23. The van der Waals surface area contributed by atoms with Gasteiger partial charge >= 0.3 is 0 Å². The largest absolute Gasteiger partial charge is 0.393 e. The molecule has 4 nitrogen and oxygen atoms in total. The highest BCUT2D eigenvalue weighted by molar-refractivity contribution is 7.89. The third-order valence-electron chi connectivity index (χ3n) is 2.30. The molecule has 0 heterocycles. The molecule has 19 heavy (non-hydrogen) atoms. The molecule has 0 amide bonds. The van der Waals surface area contributed by atoms with Crippen molar-refractivity contribution in [1.82, 2.24) is 4.31 Å². The first-order valence-electron chi connectivity index (χ1n) is 5.05. The van der Waals surface area contributed by atoms with Crippen molar-refractivity contribution in [3.8, 4) is 0 Å². The summed E-state index contributed by atoms with van der Waals surface area (Å²) in [4.78, 5) is -1.12. The summed E-state index contributed by atoms with van der Waals surface area (Å²) in [6, 6.07) is 0.606. The second-order valence-corrected chi connectivity index (χ2v) is 6.25. The number of benzene rings is 1. The SMILES string of the molecule is CN(CCC(N)=S)S(=O)(=O)c1c(F)cc(F)cc1F. The first-order valence-corrected chi connectivity index (χ1v) is 6.90. The standard InChI is InChI=1S/C10H11F3N2O2S2/c1-15(3-2-9(14)18)19(16,17)10-7(12)4-6(11)5-8(10)13/h4-5H,2-3H2,1H3,(H2,14,18). The van der Waals surface area contributed by atoms with E-state index in [1.54, 1.807) is 0 Å². The van der Waals surface area contributed by atoms with Crippen LogP contribution in [0.5, 0.6) is 0 Å². The molecular weight excluding hydrogens is 301 g/mol. The first-order chi connectivity index (χ1) is 8.66. The molecule has 0 bridgehead atoms. The monoisotopic (exact) mass is 312 g/mol. The minimum atomic E-state index is -4.41. The molecule has 1 aromatic carbocycles. The van der Waals surface area contributed by atoms with Gasteiger partial charge in [-0.05, 0) is 0 Å². The van der Waals surface area contributed by atoms with E-state index in [0.717, 1.165) is 7.05 Å². The summed E-state index contributed by atoms with van der Waals surface area (Å²) in [6.07, 6.45) is 0.0650. The van der Waals surface area contributed by atoms with Crippen molar-refractivity contribution < 1.29 is 21.6 Å². The zero-order chi connectivity index (χ0) is 14.8. The van der Waals surface area contributed by atoms with Gasteiger partial charge in [-0.25, -0.2) is 25.9 Å². The molecule has 0 aliphatic carbocycles. The molecule has 0 radical (unpaired) electrons. The van der Waals surface area contributed by atoms with Crippen LogP contribution < -0.4 is 5.73 Å². The van der Waals surface area contributed by atoms with E-state index in [2.05, 4.69) is 12.2 Å². The van der Waals surface area contributed by atoms with Gasteiger partial charge < -0.3 is 5.73 Å². The van der Waals surface area contributed by atoms with Crippen LogP contribution in [0.2, 0.25) is 0 Å². The van der Waals surface area contributed by atoms with Gasteiger partial charge in [0.25, 0.3) is 0 Å². The molecule has 0 spiro atoms. The lowest BCUT2D eigenvalue weighted by Crippen LogP contribution is -2.31. The van der Waals surface area contributed by atoms with Crippen molar-refractivity contribution in [2.24, 2.45) is 5.73 Å². The summed E-state index contributed by atoms with van der Waals surface area (Å²) in [7, 11) is -3.29. The van der Waals surface area contributed by atoms with Crippen molar-refractivity contribution >= 4 is 27.2 Å². The van der Waals surface area contributed by atoms with Crippen LogP contribution in [-0.2, 0) is 10.0 Å². The average Bonchev–Trinajstić information content (AvgIpc) is 2.23. The lowest BCUT2D eigenvalue weighted by atomic mass is 10.3. The molecule has 2 N–H and O–H groups in total. The summed E-state index contributed by atoms with van der Waals surface area (Å²) in [6.45, 7) is -0.131. The van der Waals surface area contributed by atoms with Gasteiger partial charge in [0, 0.05) is 32.1 Å². The fourth-order valence-corrected chi connectivity index (χ4v) is 2.66. The van der Waals surface area contributed by atoms with Gasteiger partial charge in [-0.3, -0.25) is 0 Å². The molecule has 0 unspecified atom stereocenters. The Morgan fingerprint density at radius 1 is 1.32 bits per heavy atom. The predicted octanol–water partition coefficient (Wildman–Crippen LogP) is 1.40. The zero-order valence-electron chi connectivity index (χ0n) is 9.86. The van der Waals surface area contributed by atoms with E-state index in [1.807, 2.05) is 0 Å². The minimum Gasteiger partial charge on any atom is -0.393 e. The van der Waals surface area contributed by atoms with Gasteiger partial charge in [-0.15, -0.1) is 0 Å². The van der Waals surface area contributed by atoms with Crippen LogP contribution in [0.15, 0.2) is 17.0 Å². The quantitative estimate of drug-likeness (QED) is 0.835. The number of nitrogens with two attached hydrogens (primary N) is 1. The molecular formula is C10H11F3N2O2S2. The second-order valence-electron chi connectivity index (χ2n) is 3.74. The predicted molar refractivity (Wildman–Crippen MR) is 67.5 cm³/mol. The number of thiocarbonyl (C=S) groups is 1. The Bertz CT molecular complexity index is 582. The van der Waals surface area contributed by atoms with Gasteiger partial charge in [0.1, 0.15) is 17.5 Å². The summed E-state index contributed by atoms with van der Waals surface area (Å²) in [5, 5.41) is 0. The highest BCUT2D eigenvalue weighted by Gasteiger charge is 2.29. The number of rotatable bonds is 5. The molecule has 1 rings (SSSR count). The van der Waals surface area contributed by atoms with E-state index in [9.17, 15) is 21.6 Å². The molecule has 0 saturated heterocycles. The van der Waals surface area contributed by atoms with Crippen molar-refractivity contribution in [1.29, 1.82) is 0 Å². The van der Waals surface area contributed by atoms with Crippen LogP contribution in [0.3, 0.4) is 0 Å². The van der Waals surface area contributed by atoms with E-state index in [1.165, 1.54) is 0 Å². The molecule has 0 aliphatic heterocycles. The maximum atomic E-state index is 13.4. The van der Waals surface area contributed by atoms with Crippen LogP contribution in [0.1, 0.15) is 6.42 Å². The number of sulfonamides is 1. The van der Waals surface area contributed by atoms with Crippen molar-refractivity contribution in [2.45, 2.75) is 11.3 Å². The van der Waals surface area contributed by atoms with Gasteiger partial charge in [-0.2, -0.15) is 0 Å². The van der Waals surface area contributed by atoms with Gasteiger partial charge in [0.15, 0.2) is 4.90 Å². The Hall–Kier alpha value is -1.19. The average molecular weight is 312 g/mol. The maximum absolute atomic E-state index is 13.4. The second kappa shape index (κ2) is 5.85. The molecule has 0 aromatic heterocycles. The molecule has 1 aromatic rings. The lowest BCUT2D eigenvalue weighted by Gasteiger charge is -2.17. The Kier molecular flexibility index (Phi) is 4.88. The Labute approximate surface area is 114 Å². The fraction of sp³-hybridized carbons (Fsp3) is 0.300. The fourth-order valence-electron chi connectivity index (χ4n) is 1.32. The zero-order valence-corrected chi connectivity index (χ0v) is 11.5. The maximum Gasteiger partial charge on any atom is 0.248 e. The van der Waals surface area contributed by atoms with Crippen LogP contribution in [-0.4, -0.2) is 31.3 Å². The van der Waals surface area contributed by atoms with Crippen LogP contribution in [0.25, 0.3) is 0 Å². The van der Waals surface area contributed by atoms with Crippen molar-refractivity contribution in [2.75, 3.05) is 13.6 Å². The van der Waals surface area contributed by atoms with Crippen LogP contribution in [0, 0.1) is 17.5 Å². The van der Waals surface area contributed by atoms with Gasteiger partial charge in [-0.1, -0.05) is 12.2 Å². The topological polar surface area (TPSA) is 63.4 Å². The van der Waals surface area contributed by atoms with Gasteiger partial charge in [0.05, 0.1) is 4.99 Å². The Morgan fingerprint density at radius 2 is 1.79 bits per heavy atom. The van der Waals surface area contributed by atoms with Crippen molar-refractivity contribution in [3.05, 3.63) is 29.6 Å². The van der Waals surface area contributed by atoms with E-state index in [0.29, 0.717) is 16.4 Å². The Balaban J connectivity index is 3.17. The number of halogens is 3. The van der Waals surface area contributed by atoms with E-state index < -0.39 is 32.4 Å². The van der Waals surface area contributed by atoms with Crippen molar-refractivity contribution in [3.63, 3.8) is 0 Å². The summed E-state index contributed by atoms with van der Waals surface area (Å²) in [5.41, 5.74) is 5.21. The van der Waals surface area contributed by atoms with Gasteiger partial charge in [0.2, 0.25) is 10.0 Å².